The number of hydrogen-bond acceptors (Lipinski definition) is 2. The molecular weight excluding hydrogens is 315 g/mol. The summed E-state index contributed by atoms with van der Waals surface area (Å²) in [6.45, 7) is 0. The van der Waals surface area contributed by atoms with Gasteiger partial charge in [0.25, 0.3) is 0 Å². The summed E-state index contributed by atoms with van der Waals surface area (Å²) in [6.07, 6.45) is 2.60. The molecule has 1 aromatic carbocycles. The number of imidazole rings is 1. The van der Waals surface area contributed by atoms with Crippen LogP contribution in [0.2, 0.25) is 5.02 Å². The van der Waals surface area contributed by atoms with Gasteiger partial charge in [0.2, 0.25) is 0 Å². The summed E-state index contributed by atoms with van der Waals surface area (Å²) in [4.78, 5) is 4.68. The van der Waals surface area contributed by atoms with Gasteiger partial charge in [0.1, 0.15) is 5.82 Å². The van der Waals surface area contributed by atoms with Gasteiger partial charge >= 0.3 is 0 Å². The van der Waals surface area contributed by atoms with Crippen LogP contribution >= 0.6 is 23.2 Å². The summed E-state index contributed by atoms with van der Waals surface area (Å²) in [5, 5.41) is 0.718. The van der Waals surface area contributed by atoms with Crippen LogP contribution in [0.25, 0.3) is 11.0 Å². The maximum absolute atomic E-state index is 11.6. The van der Waals surface area contributed by atoms with Crippen molar-refractivity contribution in [3.63, 3.8) is 0 Å². The summed E-state index contributed by atoms with van der Waals surface area (Å²) in [6, 6.07) is 6.14. The van der Waals surface area contributed by atoms with Crippen LogP contribution < -0.4 is 0 Å². The number of hydrogen-bond donors (Lipinski definition) is 0. The van der Waals surface area contributed by atoms with Gasteiger partial charge < -0.3 is 4.57 Å². The lowest BCUT2D eigenvalue weighted by Crippen LogP contribution is -2.23. The second-order valence-electron chi connectivity index (χ2n) is 5.05. The Kier molecular flexibility index (Phi) is 4.34. The summed E-state index contributed by atoms with van der Waals surface area (Å²) in [7, 11) is -0.657. The first kappa shape index (κ1) is 14.4. The minimum atomic E-state index is -0.657. The third kappa shape index (κ3) is 2.74. The Morgan fingerprint density at radius 2 is 2.10 bits per heavy atom. The van der Waals surface area contributed by atoms with Crippen molar-refractivity contribution in [1.82, 2.24) is 9.55 Å². The molecule has 3 nitrogen and oxygen atoms in total. The summed E-state index contributed by atoms with van der Waals surface area (Å²) < 4.78 is 13.8. The quantitative estimate of drug-likeness (QED) is 0.806. The molecule has 3 rings (SSSR count). The van der Waals surface area contributed by atoms with E-state index in [0.717, 1.165) is 52.6 Å². The van der Waals surface area contributed by atoms with Gasteiger partial charge in [0, 0.05) is 45.7 Å². The third-order valence-electron chi connectivity index (χ3n) is 3.77. The molecule has 0 spiro atoms. The zero-order valence-electron chi connectivity index (χ0n) is 11.0. The van der Waals surface area contributed by atoms with Gasteiger partial charge in [-0.15, -0.1) is 11.6 Å². The number of aromatic nitrogens is 2. The fourth-order valence-electron chi connectivity index (χ4n) is 2.82. The maximum atomic E-state index is 11.6. The highest BCUT2D eigenvalue weighted by Crippen LogP contribution is 2.30. The van der Waals surface area contributed by atoms with Gasteiger partial charge in [0.15, 0.2) is 0 Å². The van der Waals surface area contributed by atoms with Crippen molar-refractivity contribution in [2.75, 3.05) is 17.4 Å². The van der Waals surface area contributed by atoms with Crippen LogP contribution in [0, 0.1) is 0 Å². The molecule has 0 radical (unpaired) electrons. The lowest BCUT2D eigenvalue weighted by Gasteiger charge is -2.25. The molecule has 20 heavy (non-hydrogen) atoms. The lowest BCUT2D eigenvalue weighted by molar-refractivity contribution is 0.459. The number of alkyl halides is 1. The summed E-state index contributed by atoms with van der Waals surface area (Å²) in [5.74, 6) is 3.10. The fraction of sp³-hybridized carbons (Fsp3) is 0.500. The van der Waals surface area contributed by atoms with E-state index in [1.165, 1.54) is 0 Å². The van der Waals surface area contributed by atoms with Crippen molar-refractivity contribution in [3.05, 3.63) is 29.0 Å². The van der Waals surface area contributed by atoms with Gasteiger partial charge in [-0.2, -0.15) is 0 Å². The number of halogens is 2. The monoisotopic (exact) mass is 330 g/mol. The SMILES string of the molecule is O=S1CCC(n2c(CCCl)nc3ccc(Cl)cc32)CC1. The smallest absolute Gasteiger partial charge is 0.111 e. The zero-order valence-corrected chi connectivity index (χ0v) is 13.3. The fourth-order valence-corrected chi connectivity index (χ4v) is 4.43. The molecule has 0 amide bonds. The highest BCUT2D eigenvalue weighted by molar-refractivity contribution is 7.85. The molecule has 108 valence electrons. The first-order valence-corrected chi connectivity index (χ1v) is 9.16. The van der Waals surface area contributed by atoms with E-state index in [-0.39, 0.29) is 0 Å². The normalized spacial score (nSPS) is 23.3. The number of benzene rings is 1. The molecular formula is C14H16Cl2N2OS. The number of rotatable bonds is 3. The van der Waals surface area contributed by atoms with Gasteiger partial charge in [-0.3, -0.25) is 4.21 Å². The number of aryl methyl sites for hydroxylation is 1. The number of fused-ring (bicyclic) bond motifs is 1. The number of nitrogens with zero attached hydrogens (tertiary/aromatic N) is 2. The van der Waals surface area contributed by atoms with E-state index >= 15 is 0 Å². The van der Waals surface area contributed by atoms with E-state index in [1.54, 1.807) is 0 Å². The molecule has 1 aliphatic rings. The Morgan fingerprint density at radius 3 is 2.80 bits per heavy atom. The molecule has 0 N–H and O–H groups in total. The topological polar surface area (TPSA) is 34.9 Å². The summed E-state index contributed by atoms with van der Waals surface area (Å²) >= 11 is 12.0. The van der Waals surface area contributed by atoms with Crippen molar-refractivity contribution >= 4 is 45.0 Å². The Balaban J connectivity index is 2.07. The first-order valence-electron chi connectivity index (χ1n) is 6.76. The van der Waals surface area contributed by atoms with E-state index in [9.17, 15) is 4.21 Å². The molecule has 1 aromatic heterocycles. The molecule has 0 bridgehead atoms. The molecule has 1 saturated heterocycles. The molecule has 0 unspecified atom stereocenters. The average molecular weight is 331 g/mol. The highest BCUT2D eigenvalue weighted by Gasteiger charge is 2.23. The minimum absolute atomic E-state index is 0.356. The van der Waals surface area contributed by atoms with Gasteiger partial charge in [0.05, 0.1) is 11.0 Å². The van der Waals surface area contributed by atoms with Crippen LogP contribution in [-0.2, 0) is 17.2 Å². The van der Waals surface area contributed by atoms with Crippen LogP contribution in [0.4, 0.5) is 0 Å². The van der Waals surface area contributed by atoms with E-state index in [4.69, 9.17) is 23.2 Å². The Hall–Kier alpha value is -0.580. The Labute approximate surface area is 130 Å². The largest absolute Gasteiger partial charge is 0.325 e. The average Bonchev–Trinajstić information content (AvgIpc) is 2.78. The highest BCUT2D eigenvalue weighted by atomic mass is 35.5. The molecule has 1 fully saturated rings. The van der Waals surface area contributed by atoms with Crippen LogP contribution in [0.3, 0.4) is 0 Å². The van der Waals surface area contributed by atoms with Crippen LogP contribution in [0.1, 0.15) is 24.7 Å². The third-order valence-corrected chi connectivity index (χ3v) is 5.57. The van der Waals surface area contributed by atoms with E-state index in [0.29, 0.717) is 11.9 Å². The van der Waals surface area contributed by atoms with Crippen molar-refractivity contribution in [2.45, 2.75) is 25.3 Å². The molecule has 0 aliphatic carbocycles. The van der Waals surface area contributed by atoms with Crippen molar-refractivity contribution in [1.29, 1.82) is 0 Å². The predicted octanol–water partition coefficient (Wildman–Crippen LogP) is 3.55. The second-order valence-corrected chi connectivity index (χ2v) is 7.56. The molecule has 0 atom stereocenters. The van der Waals surface area contributed by atoms with Crippen molar-refractivity contribution < 1.29 is 4.21 Å². The Morgan fingerprint density at radius 1 is 1.35 bits per heavy atom. The predicted molar refractivity (Wildman–Crippen MR) is 85.3 cm³/mol. The van der Waals surface area contributed by atoms with Crippen molar-refractivity contribution in [2.24, 2.45) is 0 Å². The molecule has 2 heterocycles. The maximum Gasteiger partial charge on any atom is 0.111 e. The van der Waals surface area contributed by atoms with Crippen molar-refractivity contribution in [3.8, 4) is 0 Å². The first-order chi connectivity index (χ1) is 9.69. The summed E-state index contributed by atoms with van der Waals surface area (Å²) in [5.41, 5.74) is 2.02. The minimum Gasteiger partial charge on any atom is -0.325 e. The second kappa shape index (κ2) is 6.04. The molecule has 0 saturated carbocycles. The lowest BCUT2D eigenvalue weighted by atomic mass is 10.1. The van der Waals surface area contributed by atoms with Gasteiger partial charge in [-0.05, 0) is 31.0 Å². The van der Waals surface area contributed by atoms with E-state index in [2.05, 4.69) is 9.55 Å². The van der Waals surface area contributed by atoms with Gasteiger partial charge in [-0.25, -0.2) is 4.98 Å². The van der Waals surface area contributed by atoms with Crippen LogP contribution in [0.5, 0.6) is 0 Å². The van der Waals surface area contributed by atoms with Crippen LogP contribution in [0.15, 0.2) is 18.2 Å². The molecule has 6 heteroatoms. The van der Waals surface area contributed by atoms with E-state index < -0.39 is 10.8 Å². The zero-order chi connectivity index (χ0) is 14.1. The molecule has 1 aliphatic heterocycles. The standard InChI is InChI=1S/C14H16Cl2N2OS/c15-6-3-14-17-12-2-1-10(16)9-13(12)18(14)11-4-7-20(19)8-5-11/h1-2,9,11H,3-8H2. The Bertz CT molecular complexity index is 646. The van der Waals surface area contributed by atoms with Crippen LogP contribution in [-0.4, -0.2) is 31.1 Å². The molecule has 2 aromatic rings. The van der Waals surface area contributed by atoms with Gasteiger partial charge in [-0.1, -0.05) is 11.6 Å². The van der Waals surface area contributed by atoms with E-state index in [1.807, 2.05) is 18.2 Å².